The highest BCUT2D eigenvalue weighted by Gasteiger charge is 2.11. The molecule has 0 aliphatic rings. The minimum absolute atomic E-state index is 0.216. The highest BCUT2D eigenvalue weighted by molar-refractivity contribution is 5.89. The number of aryl methyl sites for hydroxylation is 2. The van der Waals surface area contributed by atoms with E-state index in [9.17, 15) is 9.90 Å². The van der Waals surface area contributed by atoms with E-state index in [0.717, 1.165) is 36.1 Å². The number of rotatable bonds is 8. The first kappa shape index (κ1) is 20.7. The van der Waals surface area contributed by atoms with Crippen LogP contribution in [0.4, 0.5) is 0 Å². The maximum absolute atomic E-state index is 11.3. The number of carboxylic acids is 1. The van der Waals surface area contributed by atoms with Gasteiger partial charge in [-0.25, -0.2) is 9.78 Å². The van der Waals surface area contributed by atoms with E-state index >= 15 is 0 Å². The molecule has 0 amide bonds. The molecule has 0 unspecified atom stereocenters. The van der Waals surface area contributed by atoms with Crippen LogP contribution in [-0.4, -0.2) is 21.0 Å². The summed E-state index contributed by atoms with van der Waals surface area (Å²) in [6, 6.07) is 19.1. The summed E-state index contributed by atoms with van der Waals surface area (Å²) in [4.78, 5) is 19.6. The maximum Gasteiger partial charge on any atom is 0.336 e. The number of aromatic amines is 1. The number of hydrogen-bond acceptors (Lipinski definition) is 3. The zero-order valence-corrected chi connectivity index (χ0v) is 17.8. The van der Waals surface area contributed by atoms with E-state index in [2.05, 4.69) is 31.0 Å². The van der Waals surface area contributed by atoms with Crippen LogP contribution in [0.1, 0.15) is 51.8 Å². The van der Waals surface area contributed by atoms with Crippen molar-refractivity contribution >= 4 is 17.0 Å². The molecule has 0 aliphatic heterocycles. The van der Waals surface area contributed by atoms with Crippen LogP contribution in [0.2, 0.25) is 0 Å². The molecule has 4 aromatic rings. The van der Waals surface area contributed by atoms with Gasteiger partial charge in [0.05, 0.1) is 16.6 Å². The van der Waals surface area contributed by atoms with E-state index in [0.29, 0.717) is 11.3 Å². The molecule has 1 aromatic heterocycles. The summed E-state index contributed by atoms with van der Waals surface area (Å²) in [5, 5.41) is 9.30. The largest absolute Gasteiger partial charge is 0.489 e. The molecule has 2 N–H and O–H groups in total. The Balaban J connectivity index is 1.48. The molecular weight excluding hydrogens is 388 g/mol. The van der Waals surface area contributed by atoms with Crippen LogP contribution in [0.5, 0.6) is 5.75 Å². The van der Waals surface area contributed by atoms with Crippen molar-refractivity contribution < 1.29 is 14.6 Å². The van der Waals surface area contributed by atoms with Gasteiger partial charge in [-0.15, -0.1) is 0 Å². The van der Waals surface area contributed by atoms with E-state index in [1.54, 1.807) is 18.2 Å². The smallest absolute Gasteiger partial charge is 0.336 e. The van der Waals surface area contributed by atoms with E-state index in [4.69, 9.17) is 9.72 Å². The van der Waals surface area contributed by atoms with Crippen LogP contribution in [0.25, 0.3) is 11.0 Å². The summed E-state index contributed by atoms with van der Waals surface area (Å²) in [6.07, 6.45) is 2.80. The Hall–Kier alpha value is -3.60. The predicted molar refractivity (Wildman–Crippen MR) is 122 cm³/mol. The van der Waals surface area contributed by atoms with Crippen molar-refractivity contribution in [2.24, 2.45) is 0 Å². The van der Waals surface area contributed by atoms with Crippen molar-refractivity contribution in [3.8, 4) is 5.75 Å². The summed E-state index contributed by atoms with van der Waals surface area (Å²) in [7, 11) is 0. The van der Waals surface area contributed by atoms with E-state index in [1.165, 1.54) is 16.7 Å². The number of aromatic nitrogens is 2. The third kappa shape index (κ3) is 4.61. The van der Waals surface area contributed by atoms with Gasteiger partial charge in [0.15, 0.2) is 0 Å². The van der Waals surface area contributed by atoms with Gasteiger partial charge >= 0.3 is 5.97 Å². The third-order valence-electron chi connectivity index (χ3n) is 5.43. The Morgan fingerprint density at radius 1 is 1.03 bits per heavy atom. The second-order valence-corrected chi connectivity index (χ2v) is 7.77. The SMILES string of the molecule is CCCc1nc2c(Cc3ccc(OCc4ccccc4C(=O)O)cc3)ccc(C)c2[nH]1. The number of fused-ring (bicyclic) bond motifs is 1. The molecule has 0 saturated heterocycles. The van der Waals surface area contributed by atoms with E-state index in [-0.39, 0.29) is 12.2 Å². The fourth-order valence-electron chi connectivity index (χ4n) is 3.77. The highest BCUT2D eigenvalue weighted by Crippen LogP contribution is 2.24. The Kier molecular flexibility index (Phi) is 6.03. The quantitative estimate of drug-likeness (QED) is 0.388. The van der Waals surface area contributed by atoms with Gasteiger partial charge in [-0.05, 0) is 54.7 Å². The van der Waals surface area contributed by atoms with Crippen LogP contribution in [0.3, 0.4) is 0 Å². The van der Waals surface area contributed by atoms with Crippen molar-refractivity contribution in [2.75, 3.05) is 0 Å². The van der Waals surface area contributed by atoms with Gasteiger partial charge in [-0.3, -0.25) is 0 Å². The second-order valence-electron chi connectivity index (χ2n) is 7.77. The Labute approximate surface area is 181 Å². The summed E-state index contributed by atoms with van der Waals surface area (Å²) in [5.74, 6) is 0.806. The minimum atomic E-state index is -0.945. The average molecular weight is 415 g/mol. The average Bonchev–Trinajstić information content (AvgIpc) is 3.21. The lowest BCUT2D eigenvalue weighted by molar-refractivity contribution is 0.0694. The van der Waals surface area contributed by atoms with Gasteiger partial charge in [0.25, 0.3) is 0 Å². The molecule has 5 heteroatoms. The lowest BCUT2D eigenvalue weighted by Crippen LogP contribution is -2.05. The molecule has 0 atom stereocenters. The Bertz CT molecular complexity index is 1210. The predicted octanol–water partition coefficient (Wildman–Crippen LogP) is 5.69. The van der Waals surface area contributed by atoms with Gasteiger partial charge < -0.3 is 14.8 Å². The summed E-state index contributed by atoms with van der Waals surface area (Å²) < 4.78 is 5.82. The first-order valence-corrected chi connectivity index (χ1v) is 10.5. The number of aromatic carboxylic acids is 1. The van der Waals surface area contributed by atoms with Crippen LogP contribution in [-0.2, 0) is 19.4 Å². The molecule has 0 aliphatic carbocycles. The summed E-state index contributed by atoms with van der Waals surface area (Å²) in [6.45, 7) is 4.48. The number of benzene rings is 3. The molecule has 0 bridgehead atoms. The zero-order chi connectivity index (χ0) is 21.8. The molecule has 4 rings (SSSR count). The van der Waals surface area contributed by atoms with Gasteiger partial charge in [0, 0.05) is 12.0 Å². The highest BCUT2D eigenvalue weighted by atomic mass is 16.5. The molecule has 0 radical (unpaired) electrons. The second kappa shape index (κ2) is 9.04. The number of carboxylic acid groups (broad SMARTS) is 1. The van der Waals surface area contributed by atoms with Crippen molar-refractivity contribution in [2.45, 2.75) is 39.7 Å². The monoisotopic (exact) mass is 414 g/mol. The molecule has 31 heavy (non-hydrogen) atoms. The summed E-state index contributed by atoms with van der Waals surface area (Å²) >= 11 is 0. The Morgan fingerprint density at radius 3 is 2.55 bits per heavy atom. The first-order chi connectivity index (χ1) is 15.0. The van der Waals surface area contributed by atoms with Gasteiger partial charge in [-0.2, -0.15) is 0 Å². The number of nitrogens with zero attached hydrogens (tertiary/aromatic N) is 1. The molecule has 0 saturated carbocycles. The molecule has 5 nitrogen and oxygen atoms in total. The maximum atomic E-state index is 11.3. The van der Waals surface area contributed by atoms with Crippen LogP contribution in [0.15, 0.2) is 60.7 Å². The Morgan fingerprint density at radius 2 is 1.81 bits per heavy atom. The normalized spacial score (nSPS) is 11.0. The van der Waals surface area contributed by atoms with Crippen molar-refractivity contribution in [1.29, 1.82) is 0 Å². The first-order valence-electron chi connectivity index (χ1n) is 10.5. The van der Waals surface area contributed by atoms with Crippen molar-refractivity contribution in [1.82, 2.24) is 9.97 Å². The molecular formula is C26H26N2O3. The number of hydrogen-bond donors (Lipinski definition) is 2. The van der Waals surface area contributed by atoms with Crippen LogP contribution < -0.4 is 4.74 Å². The van der Waals surface area contributed by atoms with Crippen molar-refractivity contribution in [3.63, 3.8) is 0 Å². The van der Waals surface area contributed by atoms with Crippen LogP contribution >= 0.6 is 0 Å². The molecule has 0 spiro atoms. The summed E-state index contributed by atoms with van der Waals surface area (Å²) in [5.41, 5.74) is 6.67. The standard InChI is InChI=1S/C26H26N2O3/c1-3-6-23-27-24-17(2)9-12-19(25(24)28-23)15-18-10-13-21(14-11-18)31-16-20-7-4-5-8-22(20)26(29)30/h4-5,7-14H,3,6,15-16H2,1-2H3,(H,27,28)(H,29,30). The lowest BCUT2D eigenvalue weighted by Gasteiger charge is -2.10. The van der Waals surface area contributed by atoms with Crippen LogP contribution in [0, 0.1) is 6.92 Å². The fraction of sp³-hybridized carbons (Fsp3) is 0.231. The fourth-order valence-corrected chi connectivity index (χ4v) is 3.77. The number of nitrogens with one attached hydrogen (secondary N) is 1. The van der Waals surface area contributed by atoms with E-state index in [1.807, 2.05) is 30.3 Å². The van der Waals surface area contributed by atoms with Gasteiger partial charge in [0.2, 0.25) is 0 Å². The number of carbonyl (C=O) groups is 1. The molecule has 3 aromatic carbocycles. The lowest BCUT2D eigenvalue weighted by atomic mass is 10.0. The number of H-pyrrole nitrogens is 1. The molecule has 1 heterocycles. The van der Waals surface area contributed by atoms with Crippen molar-refractivity contribution in [3.05, 3.63) is 94.3 Å². The number of ether oxygens (including phenoxy) is 1. The number of imidazole rings is 1. The zero-order valence-electron chi connectivity index (χ0n) is 17.8. The van der Waals surface area contributed by atoms with Gasteiger partial charge in [0.1, 0.15) is 18.2 Å². The minimum Gasteiger partial charge on any atom is -0.489 e. The molecule has 0 fully saturated rings. The molecule has 158 valence electrons. The third-order valence-corrected chi connectivity index (χ3v) is 5.43. The van der Waals surface area contributed by atoms with E-state index < -0.39 is 5.97 Å². The van der Waals surface area contributed by atoms with Gasteiger partial charge in [-0.1, -0.05) is 49.4 Å². The topological polar surface area (TPSA) is 75.2 Å².